The highest BCUT2D eigenvalue weighted by Crippen LogP contribution is 2.34. The van der Waals surface area contributed by atoms with Gasteiger partial charge in [0.05, 0.1) is 6.04 Å². The largest absolute Gasteiger partial charge is 0.322 e. The minimum absolute atomic E-state index is 0.0388. The maximum Gasteiger partial charge on any atom is 0.0520 e. The maximum absolute atomic E-state index is 6.78. The van der Waals surface area contributed by atoms with E-state index in [1.165, 1.54) is 32.7 Å². The Bertz CT molecular complexity index is 1010. The fourth-order valence-corrected chi connectivity index (χ4v) is 3.77. The molecule has 0 aliphatic heterocycles. The summed E-state index contributed by atoms with van der Waals surface area (Å²) in [5.74, 6) is 0. The number of fused-ring (bicyclic) bond motifs is 2. The van der Waals surface area contributed by atoms with Gasteiger partial charge in [-0.2, -0.15) is 0 Å². The van der Waals surface area contributed by atoms with E-state index in [4.69, 9.17) is 5.73 Å². The Balaban J connectivity index is 1.85. The molecule has 0 radical (unpaired) electrons. The molecule has 4 aromatic carbocycles. The summed E-state index contributed by atoms with van der Waals surface area (Å²) < 4.78 is 0. The van der Waals surface area contributed by atoms with Crippen molar-refractivity contribution in [2.45, 2.75) is 12.1 Å². The molecule has 4 aromatic rings. The van der Waals surface area contributed by atoms with Crippen LogP contribution in [0.1, 0.15) is 23.2 Å². The summed E-state index contributed by atoms with van der Waals surface area (Å²) in [4.78, 5) is 0. The van der Waals surface area contributed by atoms with Crippen LogP contribution in [0.2, 0.25) is 0 Å². The molecule has 2 atom stereocenters. The monoisotopic (exact) mass is 326 g/mol. The zero-order chi connectivity index (χ0) is 17.2. The van der Waals surface area contributed by atoms with Crippen LogP contribution in [0.3, 0.4) is 0 Å². The van der Waals surface area contributed by atoms with Gasteiger partial charge < -0.3 is 11.1 Å². The Hall–Kier alpha value is -2.68. The van der Waals surface area contributed by atoms with Gasteiger partial charge in [0.1, 0.15) is 0 Å². The summed E-state index contributed by atoms with van der Waals surface area (Å²) in [6.45, 7) is 0. The molecule has 0 spiro atoms. The van der Waals surface area contributed by atoms with Crippen molar-refractivity contribution in [2.24, 2.45) is 5.73 Å². The van der Waals surface area contributed by atoms with E-state index < -0.39 is 0 Å². The Morgan fingerprint density at radius 3 is 1.72 bits per heavy atom. The van der Waals surface area contributed by atoms with Gasteiger partial charge in [-0.15, -0.1) is 0 Å². The lowest BCUT2D eigenvalue weighted by atomic mass is 9.88. The summed E-state index contributed by atoms with van der Waals surface area (Å²) in [6, 6.07) is 29.6. The Labute approximate surface area is 148 Å². The standard InChI is InChI=1S/C23H22N2/c1-25-23(21-15-7-11-17-9-3-5-13-19(17)21)22(24)20-14-6-10-16-8-2-4-12-18(16)20/h2-15,22-23,25H,24H2,1H3. The van der Waals surface area contributed by atoms with Crippen LogP contribution in [-0.2, 0) is 0 Å². The van der Waals surface area contributed by atoms with Gasteiger partial charge in [0.2, 0.25) is 0 Å². The van der Waals surface area contributed by atoms with E-state index in [2.05, 4.69) is 90.2 Å². The van der Waals surface area contributed by atoms with Crippen molar-refractivity contribution in [1.82, 2.24) is 5.32 Å². The Morgan fingerprint density at radius 2 is 1.12 bits per heavy atom. The van der Waals surface area contributed by atoms with Gasteiger partial charge in [-0.05, 0) is 39.7 Å². The summed E-state index contributed by atoms with van der Waals surface area (Å²) in [5.41, 5.74) is 9.19. The number of hydrogen-bond acceptors (Lipinski definition) is 2. The fourth-order valence-electron chi connectivity index (χ4n) is 3.77. The molecule has 4 rings (SSSR count). The molecule has 0 aliphatic rings. The van der Waals surface area contributed by atoms with Crippen LogP contribution in [0.5, 0.6) is 0 Å². The lowest BCUT2D eigenvalue weighted by Gasteiger charge is -2.26. The molecule has 0 saturated carbocycles. The van der Waals surface area contributed by atoms with Gasteiger partial charge >= 0.3 is 0 Å². The lowest BCUT2D eigenvalue weighted by molar-refractivity contribution is 0.497. The van der Waals surface area contributed by atoms with Crippen molar-refractivity contribution in [3.05, 3.63) is 96.1 Å². The van der Waals surface area contributed by atoms with Gasteiger partial charge in [-0.25, -0.2) is 0 Å². The first-order chi connectivity index (χ1) is 12.3. The molecule has 0 amide bonds. The molecular formula is C23H22N2. The molecule has 2 nitrogen and oxygen atoms in total. The molecule has 0 fully saturated rings. The van der Waals surface area contributed by atoms with Crippen molar-refractivity contribution in [1.29, 1.82) is 0 Å². The quantitative estimate of drug-likeness (QED) is 0.556. The topological polar surface area (TPSA) is 38.0 Å². The number of nitrogens with two attached hydrogens (primary N) is 1. The first-order valence-electron chi connectivity index (χ1n) is 8.68. The average molecular weight is 326 g/mol. The highest BCUT2D eigenvalue weighted by Gasteiger charge is 2.22. The summed E-state index contributed by atoms with van der Waals surface area (Å²) >= 11 is 0. The fraction of sp³-hybridized carbons (Fsp3) is 0.130. The first kappa shape index (κ1) is 15.8. The number of nitrogens with one attached hydrogen (secondary N) is 1. The molecule has 0 saturated heterocycles. The molecular weight excluding hydrogens is 304 g/mol. The third-order valence-corrected chi connectivity index (χ3v) is 5.01. The molecule has 0 aliphatic carbocycles. The van der Waals surface area contributed by atoms with E-state index in [0.29, 0.717) is 0 Å². The molecule has 0 bridgehead atoms. The third-order valence-electron chi connectivity index (χ3n) is 5.01. The van der Waals surface area contributed by atoms with Crippen LogP contribution in [0.4, 0.5) is 0 Å². The first-order valence-corrected chi connectivity index (χ1v) is 8.68. The molecule has 0 aromatic heterocycles. The lowest BCUT2D eigenvalue weighted by Crippen LogP contribution is -2.29. The highest BCUT2D eigenvalue weighted by atomic mass is 14.9. The molecule has 2 unspecified atom stereocenters. The van der Waals surface area contributed by atoms with Gasteiger partial charge in [0.25, 0.3) is 0 Å². The summed E-state index contributed by atoms with van der Waals surface area (Å²) in [6.07, 6.45) is 0. The van der Waals surface area contributed by atoms with Crippen molar-refractivity contribution < 1.29 is 0 Å². The van der Waals surface area contributed by atoms with Gasteiger partial charge in [0, 0.05) is 6.04 Å². The number of likely N-dealkylation sites (N-methyl/N-ethyl adjacent to an activating group) is 1. The van der Waals surface area contributed by atoms with E-state index >= 15 is 0 Å². The zero-order valence-electron chi connectivity index (χ0n) is 14.3. The van der Waals surface area contributed by atoms with Crippen LogP contribution in [-0.4, -0.2) is 7.05 Å². The van der Waals surface area contributed by atoms with Gasteiger partial charge in [-0.1, -0.05) is 84.9 Å². The number of rotatable bonds is 4. The van der Waals surface area contributed by atoms with Crippen molar-refractivity contribution in [3.63, 3.8) is 0 Å². The second kappa shape index (κ2) is 6.67. The van der Waals surface area contributed by atoms with Crippen molar-refractivity contribution in [2.75, 3.05) is 7.05 Å². The molecule has 2 heteroatoms. The van der Waals surface area contributed by atoms with Crippen molar-refractivity contribution >= 4 is 21.5 Å². The molecule has 124 valence electrons. The van der Waals surface area contributed by atoms with E-state index in [1.807, 2.05) is 7.05 Å². The van der Waals surface area contributed by atoms with Gasteiger partial charge in [0.15, 0.2) is 0 Å². The second-order valence-corrected chi connectivity index (χ2v) is 6.43. The summed E-state index contributed by atoms with van der Waals surface area (Å²) in [5, 5.41) is 8.39. The zero-order valence-corrected chi connectivity index (χ0v) is 14.3. The van der Waals surface area contributed by atoms with E-state index in [-0.39, 0.29) is 12.1 Å². The third kappa shape index (κ3) is 2.80. The second-order valence-electron chi connectivity index (χ2n) is 6.43. The Morgan fingerprint density at radius 1 is 0.640 bits per heavy atom. The number of hydrogen-bond donors (Lipinski definition) is 2. The van der Waals surface area contributed by atoms with Crippen molar-refractivity contribution in [3.8, 4) is 0 Å². The molecule has 3 N–H and O–H groups in total. The molecule has 0 heterocycles. The SMILES string of the molecule is CNC(c1cccc2ccccc12)C(N)c1cccc2ccccc12. The molecule has 25 heavy (non-hydrogen) atoms. The highest BCUT2D eigenvalue weighted by molar-refractivity contribution is 5.88. The maximum atomic E-state index is 6.78. The van der Waals surface area contributed by atoms with E-state index in [0.717, 1.165) is 0 Å². The Kier molecular flexibility index (Phi) is 4.22. The van der Waals surface area contributed by atoms with Crippen LogP contribution in [0.25, 0.3) is 21.5 Å². The average Bonchev–Trinajstić information content (AvgIpc) is 2.68. The normalized spacial score (nSPS) is 13.8. The minimum Gasteiger partial charge on any atom is -0.322 e. The summed E-state index contributed by atoms with van der Waals surface area (Å²) in [7, 11) is 1.98. The smallest absolute Gasteiger partial charge is 0.0520 e. The van der Waals surface area contributed by atoms with E-state index in [1.54, 1.807) is 0 Å². The predicted octanol–water partition coefficient (Wildman–Crippen LogP) is 4.95. The van der Waals surface area contributed by atoms with Crippen LogP contribution < -0.4 is 11.1 Å². The predicted molar refractivity (Wildman–Crippen MR) is 107 cm³/mol. The van der Waals surface area contributed by atoms with Crippen LogP contribution in [0, 0.1) is 0 Å². The van der Waals surface area contributed by atoms with Crippen LogP contribution in [0.15, 0.2) is 84.9 Å². The van der Waals surface area contributed by atoms with Gasteiger partial charge in [-0.3, -0.25) is 0 Å². The number of benzene rings is 4. The van der Waals surface area contributed by atoms with Crippen LogP contribution >= 0.6 is 0 Å². The minimum atomic E-state index is -0.137. The van der Waals surface area contributed by atoms with E-state index in [9.17, 15) is 0 Å².